The summed E-state index contributed by atoms with van der Waals surface area (Å²) in [6, 6.07) is 22.4. The molecule has 2 aromatic rings. The Kier molecular flexibility index (Phi) is 4.49. The van der Waals surface area contributed by atoms with Crippen molar-refractivity contribution >= 4 is 0 Å². The van der Waals surface area contributed by atoms with E-state index in [-0.39, 0.29) is 0 Å². The molecule has 1 aliphatic heterocycles. The third-order valence-corrected chi connectivity index (χ3v) is 4.29. The van der Waals surface area contributed by atoms with E-state index < -0.39 is 0 Å². The van der Waals surface area contributed by atoms with Crippen LogP contribution in [0.2, 0.25) is 0 Å². The highest BCUT2D eigenvalue weighted by Gasteiger charge is 2.22. The molecule has 1 aliphatic rings. The van der Waals surface area contributed by atoms with Crippen LogP contribution in [0.3, 0.4) is 0 Å². The van der Waals surface area contributed by atoms with E-state index in [2.05, 4.69) is 65.6 Å². The van der Waals surface area contributed by atoms with E-state index in [1.807, 2.05) is 0 Å². The lowest BCUT2D eigenvalue weighted by Crippen LogP contribution is -2.34. The highest BCUT2D eigenvalue weighted by molar-refractivity contribution is 5.24. The fourth-order valence-electron chi connectivity index (χ4n) is 3.20. The van der Waals surface area contributed by atoms with Crippen LogP contribution in [-0.4, -0.2) is 18.0 Å². The van der Waals surface area contributed by atoms with Gasteiger partial charge in [-0.25, -0.2) is 0 Å². The summed E-state index contributed by atoms with van der Waals surface area (Å²) in [6.45, 7) is 2.48. The van der Waals surface area contributed by atoms with Crippen LogP contribution in [0, 0.1) is 0 Å². The van der Waals surface area contributed by atoms with Crippen molar-refractivity contribution in [3.63, 3.8) is 0 Å². The molecule has 0 radical (unpaired) electrons. The average Bonchev–Trinajstić information content (AvgIpc) is 2.55. The Morgan fingerprint density at radius 2 is 1.35 bits per heavy atom. The molecule has 0 spiro atoms. The van der Waals surface area contributed by atoms with Crippen LogP contribution < -0.4 is 0 Å². The minimum Gasteiger partial charge on any atom is -0.296 e. The smallest absolute Gasteiger partial charge is 0.0388 e. The number of hydrogen-bond donors (Lipinski definition) is 0. The first-order valence-corrected chi connectivity index (χ1v) is 7.76. The second-order valence-corrected chi connectivity index (χ2v) is 5.71. The highest BCUT2D eigenvalue weighted by atomic mass is 15.2. The van der Waals surface area contributed by atoms with Crippen molar-refractivity contribution in [3.05, 3.63) is 71.8 Å². The molecule has 0 saturated carbocycles. The summed E-state index contributed by atoms with van der Waals surface area (Å²) in [5, 5.41) is 0. The third kappa shape index (κ3) is 3.29. The van der Waals surface area contributed by atoms with Gasteiger partial charge in [0.05, 0.1) is 0 Å². The zero-order chi connectivity index (χ0) is 13.6. The van der Waals surface area contributed by atoms with E-state index in [1.165, 1.54) is 43.5 Å². The number of benzene rings is 2. The summed E-state index contributed by atoms with van der Waals surface area (Å²) >= 11 is 0. The van der Waals surface area contributed by atoms with Gasteiger partial charge in [0.2, 0.25) is 0 Å². The molecule has 1 fully saturated rings. The molecule has 0 aromatic heterocycles. The SMILES string of the molecule is c1ccc(C[C@H](c2ccccc2)N2CCCCC2)cc1. The number of piperidine rings is 1. The van der Waals surface area contributed by atoms with Crippen LogP contribution in [0.15, 0.2) is 60.7 Å². The molecule has 0 aliphatic carbocycles. The maximum absolute atomic E-state index is 2.67. The van der Waals surface area contributed by atoms with Crippen LogP contribution in [0.5, 0.6) is 0 Å². The topological polar surface area (TPSA) is 3.24 Å². The van der Waals surface area contributed by atoms with Crippen LogP contribution >= 0.6 is 0 Å². The molecule has 1 saturated heterocycles. The van der Waals surface area contributed by atoms with E-state index in [9.17, 15) is 0 Å². The summed E-state index contributed by atoms with van der Waals surface area (Å²) in [5.74, 6) is 0. The largest absolute Gasteiger partial charge is 0.296 e. The second kappa shape index (κ2) is 6.71. The van der Waals surface area contributed by atoms with Gasteiger partial charge in [0.25, 0.3) is 0 Å². The maximum atomic E-state index is 2.67. The molecule has 104 valence electrons. The highest BCUT2D eigenvalue weighted by Crippen LogP contribution is 2.27. The van der Waals surface area contributed by atoms with Gasteiger partial charge in [-0.2, -0.15) is 0 Å². The molecule has 0 bridgehead atoms. The molecule has 0 unspecified atom stereocenters. The fourth-order valence-corrected chi connectivity index (χ4v) is 3.20. The normalized spacial score (nSPS) is 17.8. The molecule has 1 nitrogen and oxygen atoms in total. The van der Waals surface area contributed by atoms with Crippen LogP contribution in [0.1, 0.15) is 36.4 Å². The molecule has 1 heteroatoms. The summed E-state index contributed by atoms with van der Waals surface area (Å²) < 4.78 is 0. The maximum Gasteiger partial charge on any atom is 0.0388 e. The molecule has 20 heavy (non-hydrogen) atoms. The lowest BCUT2D eigenvalue weighted by atomic mass is 9.95. The number of hydrogen-bond acceptors (Lipinski definition) is 1. The summed E-state index contributed by atoms with van der Waals surface area (Å²) in [6.07, 6.45) is 5.20. The number of rotatable bonds is 4. The van der Waals surface area contributed by atoms with Crippen molar-refractivity contribution in [2.24, 2.45) is 0 Å². The molecular weight excluding hydrogens is 242 g/mol. The van der Waals surface area contributed by atoms with Gasteiger partial charge in [0.1, 0.15) is 0 Å². The minimum absolute atomic E-state index is 0.527. The Bertz CT molecular complexity index is 500. The Morgan fingerprint density at radius 3 is 2.00 bits per heavy atom. The summed E-state index contributed by atoms with van der Waals surface area (Å²) in [7, 11) is 0. The van der Waals surface area contributed by atoms with E-state index in [0.29, 0.717) is 6.04 Å². The molecule has 0 amide bonds. The van der Waals surface area contributed by atoms with Gasteiger partial charge < -0.3 is 0 Å². The lowest BCUT2D eigenvalue weighted by molar-refractivity contribution is 0.162. The van der Waals surface area contributed by atoms with E-state index in [1.54, 1.807) is 0 Å². The van der Waals surface area contributed by atoms with Gasteiger partial charge in [-0.3, -0.25) is 4.90 Å². The van der Waals surface area contributed by atoms with Crippen molar-refractivity contribution in [3.8, 4) is 0 Å². The standard InChI is InChI=1S/C19H23N/c1-4-10-17(11-5-1)16-19(18-12-6-2-7-13-18)20-14-8-3-9-15-20/h1-2,4-7,10-13,19H,3,8-9,14-16H2/t19-/m1/s1. The molecule has 3 rings (SSSR count). The van der Waals surface area contributed by atoms with Gasteiger partial charge in [0, 0.05) is 6.04 Å². The average molecular weight is 265 g/mol. The Balaban J connectivity index is 1.83. The van der Waals surface area contributed by atoms with Gasteiger partial charge in [0.15, 0.2) is 0 Å². The first kappa shape index (κ1) is 13.4. The first-order valence-electron chi connectivity index (χ1n) is 7.76. The quantitative estimate of drug-likeness (QED) is 0.789. The Labute approximate surface area is 122 Å². The second-order valence-electron chi connectivity index (χ2n) is 5.71. The number of nitrogens with zero attached hydrogens (tertiary/aromatic N) is 1. The third-order valence-electron chi connectivity index (χ3n) is 4.29. The monoisotopic (exact) mass is 265 g/mol. The van der Waals surface area contributed by atoms with Gasteiger partial charge in [-0.05, 0) is 43.5 Å². The molecule has 1 atom stereocenters. The van der Waals surface area contributed by atoms with Crippen molar-refractivity contribution in [1.29, 1.82) is 0 Å². The van der Waals surface area contributed by atoms with Crippen LogP contribution in [0.25, 0.3) is 0 Å². The summed E-state index contributed by atoms with van der Waals surface area (Å²) in [5.41, 5.74) is 2.89. The van der Waals surface area contributed by atoms with Gasteiger partial charge in [-0.15, -0.1) is 0 Å². The van der Waals surface area contributed by atoms with E-state index in [0.717, 1.165) is 6.42 Å². The zero-order valence-electron chi connectivity index (χ0n) is 12.0. The minimum atomic E-state index is 0.527. The van der Waals surface area contributed by atoms with Gasteiger partial charge >= 0.3 is 0 Å². The predicted octanol–water partition coefficient (Wildman–Crippen LogP) is 4.46. The predicted molar refractivity (Wildman–Crippen MR) is 84.8 cm³/mol. The van der Waals surface area contributed by atoms with Crippen molar-refractivity contribution < 1.29 is 0 Å². The fraction of sp³-hybridized carbons (Fsp3) is 0.368. The van der Waals surface area contributed by atoms with Crippen molar-refractivity contribution in [2.45, 2.75) is 31.7 Å². The van der Waals surface area contributed by atoms with Crippen molar-refractivity contribution in [1.82, 2.24) is 4.90 Å². The lowest BCUT2D eigenvalue weighted by Gasteiger charge is -2.35. The Hall–Kier alpha value is -1.60. The van der Waals surface area contributed by atoms with Gasteiger partial charge in [-0.1, -0.05) is 67.1 Å². The molecule has 1 heterocycles. The first-order chi connectivity index (χ1) is 9.93. The molecule has 2 aromatic carbocycles. The van der Waals surface area contributed by atoms with Crippen LogP contribution in [0.4, 0.5) is 0 Å². The van der Waals surface area contributed by atoms with Crippen LogP contribution in [-0.2, 0) is 6.42 Å². The zero-order valence-corrected chi connectivity index (χ0v) is 12.0. The molecular formula is C19H23N. The van der Waals surface area contributed by atoms with Crippen molar-refractivity contribution in [2.75, 3.05) is 13.1 Å². The van der Waals surface area contributed by atoms with E-state index in [4.69, 9.17) is 0 Å². The summed E-state index contributed by atoms with van der Waals surface area (Å²) in [4.78, 5) is 2.67. The molecule has 0 N–H and O–H groups in total. The Morgan fingerprint density at radius 1 is 0.750 bits per heavy atom. The van der Waals surface area contributed by atoms with E-state index >= 15 is 0 Å². The number of likely N-dealkylation sites (tertiary alicyclic amines) is 1.